The molecule has 6 nitrogen and oxygen atoms in total. The fourth-order valence-electron chi connectivity index (χ4n) is 3.49. The van der Waals surface area contributed by atoms with Crippen molar-refractivity contribution in [3.05, 3.63) is 39.6 Å². The third-order valence-corrected chi connectivity index (χ3v) is 5.01. The average Bonchev–Trinajstić information content (AvgIpc) is 2.69. The molecule has 7 heteroatoms. The molecule has 1 amide bonds. The van der Waals surface area contributed by atoms with Crippen molar-refractivity contribution in [3.63, 3.8) is 0 Å². The van der Waals surface area contributed by atoms with E-state index in [0.29, 0.717) is 11.7 Å². The van der Waals surface area contributed by atoms with E-state index in [4.69, 9.17) is 5.73 Å². The summed E-state index contributed by atoms with van der Waals surface area (Å²) in [5, 5.41) is 9.51. The maximum atomic E-state index is 11.6. The number of benzene rings is 1. The van der Waals surface area contributed by atoms with Gasteiger partial charge in [-0.3, -0.25) is 4.79 Å². The van der Waals surface area contributed by atoms with Gasteiger partial charge in [-0.05, 0) is 36.5 Å². The van der Waals surface area contributed by atoms with Crippen LogP contribution in [-0.4, -0.2) is 26.5 Å². The lowest BCUT2D eigenvalue weighted by Gasteiger charge is -2.35. The van der Waals surface area contributed by atoms with Crippen LogP contribution in [0.2, 0.25) is 0 Å². The average molecular weight is 362 g/mol. The molecule has 3 heterocycles. The largest absolute Gasteiger partial charge is 0.476 e. The van der Waals surface area contributed by atoms with Crippen LogP contribution in [0.1, 0.15) is 51.3 Å². The first-order valence-corrected chi connectivity index (χ1v) is 7.71. The second-order valence-corrected chi connectivity index (χ2v) is 6.64. The number of hydrogen-bond acceptors (Lipinski definition) is 3. The molecule has 2 aromatic rings. The summed E-state index contributed by atoms with van der Waals surface area (Å²) in [4.78, 5) is 27.5. The SMILES string of the molecule is NC(=O)c1nc2n(c1C(=O)O)C1CC(C1)c1ccc(Br)cc1-2. The Morgan fingerprint density at radius 3 is 2.73 bits per heavy atom. The number of aromatic carboxylic acids is 1. The van der Waals surface area contributed by atoms with Gasteiger partial charge in [0.05, 0.1) is 0 Å². The molecule has 1 saturated carbocycles. The Hall–Kier alpha value is -2.15. The first-order valence-electron chi connectivity index (χ1n) is 6.92. The van der Waals surface area contributed by atoms with Crippen LogP contribution in [0.5, 0.6) is 0 Å². The summed E-state index contributed by atoms with van der Waals surface area (Å²) in [6.45, 7) is 0. The van der Waals surface area contributed by atoms with Gasteiger partial charge in [0.25, 0.3) is 5.91 Å². The molecule has 1 aromatic carbocycles. The number of carbonyl (C=O) groups excluding carboxylic acids is 1. The Labute approximate surface area is 134 Å². The lowest BCUT2D eigenvalue weighted by Crippen LogP contribution is -2.27. The molecule has 112 valence electrons. The third kappa shape index (κ3) is 1.68. The van der Waals surface area contributed by atoms with Gasteiger partial charge in [0.15, 0.2) is 11.4 Å². The number of nitrogens with two attached hydrogens (primary N) is 1. The number of halogens is 1. The van der Waals surface area contributed by atoms with Gasteiger partial charge >= 0.3 is 5.97 Å². The lowest BCUT2D eigenvalue weighted by atomic mass is 9.75. The number of imidazole rings is 1. The molecule has 1 fully saturated rings. The van der Waals surface area contributed by atoms with Gasteiger partial charge in [-0.2, -0.15) is 0 Å². The summed E-state index contributed by atoms with van der Waals surface area (Å²) in [6, 6.07) is 5.98. The monoisotopic (exact) mass is 361 g/mol. The molecule has 1 aromatic heterocycles. The zero-order valence-electron chi connectivity index (χ0n) is 11.4. The van der Waals surface area contributed by atoms with E-state index in [1.807, 2.05) is 18.2 Å². The highest BCUT2D eigenvalue weighted by molar-refractivity contribution is 9.10. The van der Waals surface area contributed by atoms with Crippen LogP contribution < -0.4 is 5.73 Å². The standard InChI is InChI=1S/C15H12BrN3O3/c16-7-1-2-9-6-3-8(4-6)19-12(15(21)22)11(13(17)20)18-14(19)10(9)5-7/h1-2,5-6,8H,3-4H2,(H2,17,20)(H,21,22). The van der Waals surface area contributed by atoms with Crippen molar-refractivity contribution in [2.24, 2.45) is 5.73 Å². The Bertz CT molecular complexity index is 837. The van der Waals surface area contributed by atoms with E-state index in [2.05, 4.69) is 20.9 Å². The lowest BCUT2D eigenvalue weighted by molar-refractivity contribution is 0.0672. The summed E-state index contributed by atoms with van der Waals surface area (Å²) in [5.74, 6) is -1.05. The van der Waals surface area contributed by atoms with Crippen LogP contribution in [0.25, 0.3) is 11.4 Å². The molecule has 0 atom stereocenters. The first-order chi connectivity index (χ1) is 10.5. The predicted octanol–water partition coefficient (Wildman–Crippen LogP) is 2.54. The zero-order chi connectivity index (χ0) is 15.6. The van der Waals surface area contributed by atoms with Crippen molar-refractivity contribution < 1.29 is 14.7 Å². The van der Waals surface area contributed by atoms with Gasteiger partial charge in [-0.1, -0.05) is 22.0 Å². The van der Waals surface area contributed by atoms with Crippen molar-refractivity contribution in [3.8, 4) is 11.4 Å². The van der Waals surface area contributed by atoms with Crippen molar-refractivity contribution in [1.82, 2.24) is 9.55 Å². The van der Waals surface area contributed by atoms with E-state index in [9.17, 15) is 14.7 Å². The van der Waals surface area contributed by atoms with Gasteiger partial charge < -0.3 is 15.4 Å². The smallest absolute Gasteiger partial charge is 0.355 e. The molecule has 2 aliphatic heterocycles. The van der Waals surface area contributed by atoms with E-state index >= 15 is 0 Å². The fourth-order valence-corrected chi connectivity index (χ4v) is 3.85. The van der Waals surface area contributed by atoms with E-state index in [-0.39, 0.29) is 17.4 Å². The van der Waals surface area contributed by atoms with Crippen molar-refractivity contribution in [2.45, 2.75) is 24.8 Å². The summed E-state index contributed by atoms with van der Waals surface area (Å²) < 4.78 is 2.56. The van der Waals surface area contributed by atoms with Crippen LogP contribution in [0.3, 0.4) is 0 Å². The number of carboxylic acid groups (broad SMARTS) is 1. The van der Waals surface area contributed by atoms with Gasteiger partial charge in [0.2, 0.25) is 0 Å². The van der Waals surface area contributed by atoms with Crippen molar-refractivity contribution in [1.29, 1.82) is 0 Å². The molecule has 1 aliphatic carbocycles. The molecular formula is C15H12BrN3O3. The van der Waals surface area contributed by atoms with Crippen molar-refractivity contribution in [2.75, 3.05) is 0 Å². The van der Waals surface area contributed by atoms with Gasteiger partial charge in [-0.15, -0.1) is 0 Å². The number of primary amides is 1. The third-order valence-electron chi connectivity index (χ3n) is 4.52. The Morgan fingerprint density at radius 1 is 1.36 bits per heavy atom. The van der Waals surface area contributed by atoms with Gasteiger partial charge in [0, 0.05) is 16.1 Å². The Kier molecular flexibility index (Phi) is 2.72. The molecule has 0 unspecified atom stereocenters. The maximum Gasteiger partial charge on any atom is 0.355 e. The number of aromatic nitrogens is 2. The zero-order valence-corrected chi connectivity index (χ0v) is 13.0. The molecule has 5 rings (SSSR count). The summed E-state index contributed by atoms with van der Waals surface area (Å²) in [7, 11) is 0. The minimum atomic E-state index is -1.17. The number of carboxylic acids is 1. The molecule has 0 saturated heterocycles. The number of carbonyl (C=O) groups is 2. The second-order valence-electron chi connectivity index (χ2n) is 5.73. The topological polar surface area (TPSA) is 98.2 Å². The van der Waals surface area contributed by atoms with Gasteiger partial charge in [-0.25, -0.2) is 9.78 Å². The molecule has 3 N–H and O–H groups in total. The number of amides is 1. The highest BCUT2D eigenvalue weighted by Crippen LogP contribution is 2.53. The molecule has 0 radical (unpaired) electrons. The summed E-state index contributed by atoms with van der Waals surface area (Å²) in [6.07, 6.45) is 1.72. The van der Waals surface area contributed by atoms with Crippen molar-refractivity contribution >= 4 is 27.8 Å². The quantitative estimate of drug-likeness (QED) is 0.858. The fraction of sp³-hybridized carbons (Fsp3) is 0.267. The first kappa shape index (κ1) is 13.5. The minimum absolute atomic E-state index is 0.0536. The van der Waals surface area contributed by atoms with Crippen LogP contribution in [-0.2, 0) is 0 Å². The maximum absolute atomic E-state index is 11.6. The minimum Gasteiger partial charge on any atom is -0.476 e. The van der Waals surface area contributed by atoms with Crippen LogP contribution in [0.15, 0.2) is 22.7 Å². The second kappa shape index (κ2) is 4.42. The Morgan fingerprint density at radius 2 is 2.09 bits per heavy atom. The number of nitrogens with zero attached hydrogens (tertiary/aromatic N) is 2. The summed E-state index contributed by atoms with van der Waals surface area (Å²) in [5.41, 5.74) is 7.08. The van der Waals surface area contributed by atoms with E-state index in [0.717, 1.165) is 28.4 Å². The van der Waals surface area contributed by atoms with E-state index in [1.54, 1.807) is 4.57 Å². The van der Waals surface area contributed by atoms with E-state index in [1.165, 1.54) is 0 Å². The van der Waals surface area contributed by atoms with E-state index < -0.39 is 11.9 Å². The molecule has 0 spiro atoms. The highest BCUT2D eigenvalue weighted by Gasteiger charge is 2.42. The number of hydrogen-bond donors (Lipinski definition) is 2. The normalized spacial score (nSPS) is 21.3. The molecule has 22 heavy (non-hydrogen) atoms. The summed E-state index contributed by atoms with van der Waals surface area (Å²) >= 11 is 3.44. The van der Waals surface area contributed by atoms with Gasteiger partial charge in [0.1, 0.15) is 5.82 Å². The number of rotatable bonds is 2. The van der Waals surface area contributed by atoms with Crippen LogP contribution in [0, 0.1) is 0 Å². The van der Waals surface area contributed by atoms with Crippen LogP contribution in [0.4, 0.5) is 0 Å². The molecule has 3 aliphatic rings. The molecular weight excluding hydrogens is 350 g/mol. The molecule has 2 bridgehead atoms. The highest BCUT2D eigenvalue weighted by atomic mass is 79.9. The van der Waals surface area contributed by atoms with Crippen LogP contribution >= 0.6 is 15.9 Å². The predicted molar refractivity (Wildman–Crippen MR) is 81.9 cm³/mol. The Balaban J connectivity index is 2.08.